The van der Waals surface area contributed by atoms with Crippen LogP contribution in [0.15, 0.2) is 65.6 Å². The zero-order valence-electron chi connectivity index (χ0n) is 20.5. The largest absolute Gasteiger partial charge is 0.497 e. The molecule has 0 spiro atoms. The quantitative estimate of drug-likeness (QED) is 0.334. The molecule has 4 aromatic rings. The molecule has 0 aliphatic rings. The van der Waals surface area contributed by atoms with Crippen molar-refractivity contribution < 1.29 is 27.4 Å². The molecule has 3 aromatic carbocycles. The SMILES string of the molecule is COc1ccc(NC(=O)c2cc3cc(N(C)S(=O)(=O)c4cc(C)ccc4OC)ccc3s2)c(OC)c1. The van der Waals surface area contributed by atoms with Crippen LogP contribution >= 0.6 is 11.3 Å². The zero-order valence-corrected chi connectivity index (χ0v) is 22.1. The fourth-order valence-electron chi connectivity index (χ4n) is 3.70. The lowest BCUT2D eigenvalue weighted by Crippen LogP contribution is -2.27. The maximum absolute atomic E-state index is 13.4. The highest BCUT2D eigenvalue weighted by atomic mass is 32.2. The smallest absolute Gasteiger partial charge is 0.267 e. The summed E-state index contributed by atoms with van der Waals surface area (Å²) >= 11 is 1.31. The van der Waals surface area contributed by atoms with E-state index in [2.05, 4.69) is 5.32 Å². The summed E-state index contributed by atoms with van der Waals surface area (Å²) in [6, 6.07) is 17.2. The minimum Gasteiger partial charge on any atom is -0.497 e. The van der Waals surface area contributed by atoms with Gasteiger partial charge in [-0.2, -0.15) is 0 Å². The highest BCUT2D eigenvalue weighted by molar-refractivity contribution is 7.93. The van der Waals surface area contributed by atoms with Gasteiger partial charge in [-0.1, -0.05) is 6.07 Å². The topological polar surface area (TPSA) is 94.2 Å². The van der Waals surface area contributed by atoms with Crippen LogP contribution in [-0.4, -0.2) is 42.7 Å². The molecule has 0 fully saturated rings. The van der Waals surface area contributed by atoms with Crippen LogP contribution in [0.5, 0.6) is 17.2 Å². The Morgan fingerprint density at radius 3 is 2.33 bits per heavy atom. The molecule has 0 radical (unpaired) electrons. The van der Waals surface area contributed by atoms with E-state index < -0.39 is 10.0 Å². The number of thiophene rings is 1. The van der Waals surface area contributed by atoms with Gasteiger partial charge in [-0.05, 0) is 66.4 Å². The van der Waals surface area contributed by atoms with Crippen molar-refractivity contribution in [3.8, 4) is 17.2 Å². The van der Waals surface area contributed by atoms with Gasteiger partial charge in [0, 0.05) is 17.8 Å². The molecule has 1 N–H and O–H groups in total. The number of rotatable bonds is 8. The van der Waals surface area contributed by atoms with Crippen molar-refractivity contribution in [1.82, 2.24) is 0 Å². The van der Waals surface area contributed by atoms with E-state index in [1.54, 1.807) is 67.8 Å². The van der Waals surface area contributed by atoms with E-state index in [0.29, 0.717) is 27.8 Å². The van der Waals surface area contributed by atoms with E-state index in [1.807, 2.05) is 6.92 Å². The third-order valence-corrected chi connectivity index (χ3v) is 8.62. The third kappa shape index (κ3) is 4.82. The zero-order chi connectivity index (χ0) is 26.0. The summed E-state index contributed by atoms with van der Waals surface area (Å²) in [6.45, 7) is 1.82. The van der Waals surface area contributed by atoms with Gasteiger partial charge >= 0.3 is 0 Å². The lowest BCUT2D eigenvalue weighted by molar-refractivity contribution is 0.103. The van der Waals surface area contributed by atoms with Crippen molar-refractivity contribution in [3.63, 3.8) is 0 Å². The third-order valence-electron chi connectivity index (χ3n) is 5.70. The van der Waals surface area contributed by atoms with Crippen LogP contribution < -0.4 is 23.8 Å². The van der Waals surface area contributed by atoms with Crippen LogP contribution in [0, 0.1) is 6.92 Å². The highest BCUT2D eigenvalue weighted by Crippen LogP contribution is 2.35. The molecule has 0 aliphatic carbocycles. The van der Waals surface area contributed by atoms with Crippen LogP contribution in [-0.2, 0) is 10.0 Å². The van der Waals surface area contributed by atoms with Gasteiger partial charge in [-0.15, -0.1) is 11.3 Å². The summed E-state index contributed by atoms with van der Waals surface area (Å²) < 4.78 is 44.7. The number of amides is 1. The number of benzene rings is 3. The van der Waals surface area contributed by atoms with Crippen LogP contribution in [0.25, 0.3) is 10.1 Å². The maximum atomic E-state index is 13.4. The minimum absolute atomic E-state index is 0.0893. The summed E-state index contributed by atoms with van der Waals surface area (Å²) in [7, 11) is 2.12. The average Bonchev–Trinajstić information content (AvgIpc) is 3.32. The average molecular weight is 527 g/mol. The molecule has 1 aromatic heterocycles. The first-order valence-corrected chi connectivity index (χ1v) is 13.1. The molecule has 1 heterocycles. The molecule has 0 atom stereocenters. The Kier molecular flexibility index (Phi) is 7.09. The second kappa shape index (κ2) is 10.1. The van der Waals surface area contributed by atoms with Crippen molar-refractivity contribution in [2.45, 2.75) is 11.8 Å². The van der Waals surface area contributed by atoms with Crippen molar-refractivity contribution >= 4 is 48.7 Å². The Bertz CT molecular complexity index is 1550. The number of aryl methyl sites for hydroxylation is 1. The Hall–Kier alpha value is -3.76. The molecule has 8 nitrogen and oxygen atoms in total. The lowest BCUT2D eigenvalue weighted by atomic mass is 10.2. The lowest BCUT2D eigenvalue weighted by Gasteiger charge is -2.21. The second-order valence-corrected chi connectivity index (χ2v) is 11.0. The van der Waals surface area contributed by atoms with Crippen LogP contribution in [0.4, 0.5) is 11.4 Å². The predicted molar refractivity (Wildman–Crippen MR) is 143 cm³/mol. The van der Waals surface area contributed by atoms with E-state index in [9.17, 15) is 13.2 Å². The van der Waals surface area contributed by atoms with Gasteiger partial charge in [-0.25, -0.2) is 8.42 Å². The summed E-state index contributed by atoms with van der Waals surface area (Å²) in [5.74, 6) is 1.06. The molecular weight excluding hydrogens is 500 g/mol. The molecule has 0 saturated heterocycles. The van der Waals surface area contributed by atoms with Crippen molar-refractivity contribution in [2.75, 3.05) is 38.0 Å². The van der Waals surface area contributed by atoms with Crippen molar-refractivity contribution in [2.24, 2.45) is 0 Å². The molecular formula is C26H26N2O6S2. The number of fused-ring (bicyclic) bond motifs is 1. The van der Waals surface area contributed by atoms with Gasteiger partial charge < -0.3 is 19.5 Å². The Labute approximate surface area is 214 Å². The van der Waals surface area contributed by atoms with E-state index in [4.69, 9.17) is 14.2 Å². The molecule has 0 aliphatic heterocycles. The predicted octanol–water partition coefficient (Wildman–Crippen LogP) is 5.31. The fourth-order valence-corrected chi connectivity index (χ4v) is 6.06. The van der Waals surface area contributed by atoms with E-state index in [-0.39, 0.29) is 16.6 Å². The minimum atomic E-state index is -3.88. The highest BCUT2D eigenvalue weighted by Gasteiger charge is 2.26. The molecule has 0 unspecified atom stereocenters. The molecule has 36 heavy (non-hydrogen) atoms. The van der Waals surface area contributed by atoms with E-state index in [0.717, 1.165) is 15.6 Å². The standard InChI is InChI=1S/C26H26N2O6S2/c1-16-6-10-21(33-4)25(12-16)36(30,31)28(2)18-7-11-23-17(13-18)14-24(35-23)26(29)27-20-9-8-19(32-3)15-22(20)34-5/h6-15H,1-5H3,(H,27,29). The molecule has 10 heteroatoms. The number of hydrogen-bond donors (Lipinski definition) is 1. The molecule has 0 bridgehead atoms. The molecule has 1 amide bonds. The molecule has 4 rings (SSSR count). The monoisotopic (exact) mass is 526 g/mol. The number of hydrogen-bond acceptors (Lipinski definition) is 7. The van der Waals surface area contributed by atoms with Crippen molar-refractivity contribution in [1.29, 1.82) is 0 Å². The normalized spacial score (nSPS) is 11.2. The van der Waals surface area contributed by atoms with Crippen LogP contribution in [0.1, 0.15) is 15.2 Å². The second-order valence-electron chi connectivity index (χ2n) is 7.98. The number of methoxy groups -OCH3 is 3. The fraction of sp³-hybridized carbons (Fsp3) is 0.192. The summed E-state index contributed by atoms with van der Waals surface area (Å²) in [6.07, 6.45) is 0. The van der Waals surface area contributed by atoms with Gasteiger partial charge in [0.2, 0.25) is 0 Å². The van der Waals surface area contributed by atoms with Gasteiger partial charge in [0.05, 0.1) is 37.6 Å². The first-order valence-electron chi connectivity index (χ1n) is 10.9. The van der Waals surface area contributed by atoms with Gasteiger partial charge in [0.15, 0.2) is 0 Å². The maximum Gasteiger partial charge on any atom is 0.267 e. The van der Waals surface area contributed by atoms with Gasteiger partial charge in [0.1, 0.15) is 22.1 Å². The molecule has 0 saturated carbocycles. The first-order chi connectivity index (χ1) is 17.2. The number of carbonyl (C=O) groups excluding carboxylic acids is 1. The number of anilines is 2. The van der Waals surface area contributed by atoms with Crippen LogP contribution in [0.3, 0.4) is 0 Å². The molecule has 188 valence electrons. The Balaban J connectivity index is 1.63. The van der Waals surface area contributed by atoms with E-state index >= 15 is 0 Å². The van der Waals surface area contributed by atoms with E-state index in [1.165, 1.54) is 36.9 Å². The Morgan fingerprint density at radius 1 is 0.889 bits per heavy atom. The summed E-state index contributed by atoms with van der Waals surface area (Å²) in [4.78, 5) is 13.5. The van der Waals surface area contributed by atoms with Crippen LogP contribution in [0.2, 0.25) is 0 Å². The van der Waals surface area contributed by atoms with Gasteiger partial charge in [-0.3, -0.25) is 9.10 Å². The summed E-state index contributed by atoms with van der Waals surface area (Å²) in [5, 5.41) is 3.61. The number of nitrogens with zero attached hydrogens (tertiary/aromatic N) is 1. The number of ether oxygens (including phenoxy) is 3. The summed E-state index contributed by atoms with van der Waals surface area (Å²) in [5.41, 5.74) is 1.78. The number of sulfonamides is 1. The number of nitrogens with one attached hydrogen (secondary N) is 1. The number of carbonyl (C=O) groups is 1. The first kappa shape index (κ1) is 25.3. The van der Waals surface area contributed by atoms with Crippen molar-refractivity contribution in [3.05, 3.63) is 71.1 Å². The van der Waals surface area contributed by atoms with Gasteiger partial charge in [0.25, 0.3) is 15.9 Å². The Morgan fingerprint density at radius 2 is 1.64 bits per heavy atom.